The van der Waals surface area contributed by atoms with Gasteiger partial charge in [-0.2, -0.15) is 0 Å². The van der Waals surface area contributed by atoms with Gasteiger partial charge in [0.2, 0.25) is 0 Å². The second-order valence-electron chi connectivity index (χ2n) is 4.85. The van der Waals surface area contributed by atoms with E-state index in [1.807, 2.05) is 0 Å². The first-order valence-electron chi connectivity index (χ1n) is 5.48. The van der Waals surface area contributed by atoms with Crippen LogP contribution in [-0.4, -0.2) is 19.0 Å². The lowest BCUT2D eigenvalue weighted by Crippen LogP contribution is -2.26. The molecule has 1 aliphatic carbocycles. The predicted octanol–water partition coefficient (Wildman–Crippen LogP) is 2.58. The molecule has 1 unspecified atom stereocenters. The molecule has 1 saturated carbocycles. The normalized spacial score (nSPS) is 32.1. The van der Waals surface area contributed by atoms with Crippen LogP contribution in [-0.2, 0) is 9.47 Å². The van der Waals surface area contributed by atoms with Crippen molar-refractivity contribution in [3.63, 3.8) is 0 Å². The molecule has 1 atom stereocenters. The van der Waals surface area contributed by atoms with Gasteiger partial charge in [-0.3, -0.25) is 0 Å². The topological polar surface area (TPSA) is 18.5 Å². The summed E-state index contributed by atoms with van der Waals surface area (Å²) in [6.07, 6.45) is 4.86. The van der Waals surface area contributed by atoms with E-state index in [4.69, 9.17) is 9.47 Å². The van der Waals surface area contributed by atoms with E-state index in [0.29, 0.717) is 0 Å². The van der Waals surface area contributed by atoms with Crippen molar-refractivity contribution in [3.8, 4) is 0 Å². The first-order valence-corrected chi connectivity index (χ1v) is 5.48. The van der Waals surface area contributed by atoms with Crippen LogP contribution in [0.4, 0.5) is 0 Å². The molecule has 0 N–H and O–H groups in total. The predicted molar refractivity (Wildman–Crippen MR) is 51.4 cm³/mol. The summed E-state index contributed by atoms with van der Waals surface area (Å²) in [5, 5.41) is 0. The van der Waals surface area contributed by atoms with Gasteiger partial charge in [0.1, 0.15) is 0 Å². The van der Waals surface area contributed by atoms with Gasteiger partial charge in [0.25, 0.3) is 0 Å². The van der Waals surface area contributed by atoms with E-state index < -0.39 is 0 Å². The Balaban J connectivity index is 1.86. The van der Waals surface area contributed by atoms with Crippen LogP contribution in [0.15, 0.2) is 0 Å². The molecule has 2 aliphatic rings. The highest BCUT2D eigenvalue weighted by molar-refractivity contribution is 4.86. The van der Waals surface area contributed by atoms with Crippen molar-refractivity contribution in [2.24, 2.45) is 11.8 Å². The third-order valence-corrected chi connectivity index (χ3v) is 3.15. The van der Waals surface area contributed by atoms with Crippen LogP contribution in [0.25, 0.3) is 0 Å². The molecule has 1 heterocycles. The van der Waals surface area contributed by atoms with Crippen LogP contribution in [0.2, 0.25) is 0 Å². The molecule has 1 spiro atoms. The van der Waals surface area contributed by atoms with Crippen LogP contribution in [0, 0.1) is 11.8 Å². The van der Waals surface area contributed by atoms with Gasteiger partial charge in [0.15, 0.2) is 5.79 Å². The van der Waals surface area contributed by atoms with Gasteiger partial charge < -0.3 is 9.47 Å². The van der Waals surface area contributed by atoms with E-state index in [9.17, 15) is 0 Å². The van der Waals surface area contributed by atoms with Gasteiger partial charge in [0, 0.05) is 12.8 Å². The Morgan fingerprint density at radius 3 is 2.62 bits per heavy atom. The summed E-state index contributed by atoms with van der Waals surface area (Å²) in [5.41, 5.74) is 0. The molecule has 0 radical (unpaired) electrons. The maximum atomic E-state index is 5.69. The smallest absolute Gasteiger partial charge is 0.168 e. The minimum absolute atomic E-state index is 0.153. The van der Waals surface area contributed by atoms with Crippen molar-refractivity contribution in [1.29, 1.82) is 0 Å². The zero-order valence-electron chi connectivity index (χ0n) is 8.71. The summed E-state index contributed by atoms with van der Waals surface area (Å²) in [7, 11) is 0. The average Bonchev–Trinajstić information content (AvgIpc) is 2.63. The van der Waals surface area contributed by atoms with E-state index in [-0.39, 0.29) is 5.79 Å². The van der Waals surface area contributed by atoms with Crippen molar-refractivity contribution in [3.05, 3.63) is 0 Å². The van der Waals surface area contributed by atoms with E-state index in [1.54, 1.807) is 0 Å². The Labute approximate surface area is 80.6 Å². The fourth-order valence-corrected chi connectivity index (χ4v) is 2.70. The molecular formula is C11H20O2. The largest absolute Gasteiger partial charge is 0.348 e. The minimum atomic E-state index is -0.153. The van der Waals surface area contributed by atoms with E-state index >= 15 is 0 Å². The zero-order valence-corrected chi connectivity index (χ0v) is 8.71. The lowest BCUT2D eigenvalue weighted by Gasteiger charge is -2.21. The molecule has 2 fully saturated rings. The van der Waals surface area contributed by atoms with Crippen molar-refractivity contribution < 1.29 is 9.47 Å². The molecule has 0 aromatic carbocycles. The summed E-state index contributed by atoms with van der Waals surface area (Å²) in [4.78, 5) is 0. The standard InChI is InChI=1S/C11H20O2/c1-9(2)7-10-3-4-11(8-10)12-5-6-13-11/h9-10H,3-8H2,1-2H3. The first kappa shape index (κ1) is 9.47. The van der Waals surface area contributed by atoms with Crippen LogP contribution in [0.5, 0.6) is 0 Å². The van der Waals surface area contributed by atoms with Gasteiger partial charge in [-0.05, 0) is 24.7 Å². The second kappa shape index (κ2) is 3.58. The summed E-state index contributed by atoms with van der Waals surface area (Å²) in [6.45, 7) is 6.19. The monoisotopic (exact) mass is 184 g/mol. The number of ether oxygens (including phenoxy) is 2. The van der Waals surface area contributed by atoms with Gasteiger partial charge >= 0.3 is 0 Å². The van der Waals surface area contributed by atoms with Gasteiger partial charge in [-0.1, -0.05) is 13.8 Å². The third kappa shape index (κ3) is 2.05. The molecular weight excluding hydrogens is 164 g/mol. The quantitative estimate of drug-likeness (QED) is 0.656. The third-order valence-electron chi connectivity index (χ3n) is 3.15. The zero-order chi connectivity index (χ0) is 9.31. The van der Waals surface area contributed by atoms with E-state index in [1.165, 1.54) is 12.8 Å². The molecule has 0 bridgehead atoms. The fourth-order valence-electron chi connectivity index (χ4n) is 2.70. The van der Waals surface area contributed by atoms with Gasteiger partial charge in [-0.15, -0.1) is 0 Å². The van der Waals surface area contributed by atoms with E-state index in [0.717, 1.165) is 37.9 Å². The molecule has 2 heteroatoms. The number of rotatable bonds is 2. The van der Waals surface area contributed by atoms with Gasteiger partial charge in [0.05, 0.1) is 13.2 Å². The Morgan fingerprint density at radius 1 is 1.31 bits per heavy atom. The molecule has 0 aromatic rings. The van der Waals surface area contributed by atoms with Crippen molar-refractivity contribution in [2.75, 3.05) is 13.2 Å². The molecule has 1 aliphatic heterocycles. The van der Waals surface area contributed by atoms with Crippen LogP contribution < -0.4 is 0 Å². The fraction of sp³-hybridized carbons (Fsp3) is 1.00. The summed E-state index contributed by atoms with van der Waals surface area (Å²) < 4.78 is 11.4. The summed E-state index contributed by atoms with van der Waals surface area (Å²) in [6, 6.07) is 0. The lowest BCUT2D eigenvalue weighted by molar-refractivity contribution is -0.152. The molecule has 76 valence electrons. The van der Waals surface area contributed by atoms with Crippen molar-refractivity contribution in [1.82, 2.24) is 0 Å². The summed E-state index contributed by atoms with van der Waals surface area (Å²) in [5.74, 6) is 1.49. The maximum absolute atomic E-state index is 5.69. The Kier molecular flexibility index (Phi) is 2.61. The second-order valence-corrected chi connectivity index (χ2v) is 4.85. The molecule has 2 rings (SSSR count). The lowest BCUT2D eigenvalue weighted by atomic mass is 9.96. The SMILES string of the molecule is CC(C)CC1CCC2(C1)OCCO2. The van der Waals surface area contributed by atoms with Gasteiger partial charge in [-0.25, -0.2) is 0 Å². The van der Waals surface area contributed by atoms with Crippen LogP contribution in [0.1, 0.15) is 39.5 Å². The van der Waals surface area contributed by atoms with Crippen molar-refractivity contribution >= 4 is 0 Å². The summed E-state index contributed by atoms with van der Waals surface area (Å²) >= 11 is 0. The van der Waals surface area contributed by atoms with E-state index in [2.05, 4.69) is 13.8 Å². The highest BCUT2D eigenvalue weighted by Crippen LogP contribution is 2.42. The maximum Gasteiger partial charge on any atom is 0.168 e. The molecule has 0 aromatic heterocycles. The van der Waals surface area contributed by atoms with Crippen LogP contribution >= 0.6 is 0 Å². The van der Waals surface area contributed by atoms with Crippen LogP contribution in [0.3, 0.4) is 0 Å². The first-order chi connectivity index (χ1) is 6.20. The highest BCUT2D eigenvalue weighted by atomic mass is 16.7. The minimum Gasteiger partial charge on any atom is -0.348 e. The molecule has 1 saturated heterocycles. The average molecular weight is 184 g/mol. The Hall–Kier alpha value is -0.0800. The number of hydrogen-bond donors (Lipinski definition) is 0. The highest BCUT2D eigenvalue weighted by Gasteiger charge is 2.43. The molecule has 13 heavy (non-hydrogen) atoms. The Morgan fingerprint density at radius 2 is 2.00 bits per heavy atom. The van der Waals surface area contributed by atoms with Crippen molar-refractivity contribution in [2.45, 2.75) is 45.3 Å². The Bertz CT molecular complexity index is 171. The molecule has 0 amide bonds. The molecule has 2 nitrogen and oxygen atoms in total. The number of hydrogen-bond acceptors (Lipinski definition) is 2.